The van der Waals surface area contributed by atoms with Crippen LogP contribution in [0.1, 0.15) is 5.69 Å². The van der Waals surface area contributed by atoms with E-state index < -0.39 is 15.2 Å². The second-order valence-electron chi connectivity index (χ2n) is 2.49. The van der Waals surface area contributed by atoms with Gasteiger partial charge in [0, 0.05) is 0 Å². The van der Waals surface area contributed by atoms with E-state index in [1.54, 1.807) is 0 Å². The van der Waals surface area contributed by atoms with Gasteiger partial charge in [-0.1, -0.05) is 15.2 Å². The van der Waals surface area contributed by atoms with Crippen molar-refractivity contribution in [2.45, 2.75) is 11.9 Å². The summed E-state index contributed by atoms with van der Waals surface area (Å²) in [5.74, 6) is 0. The molecule has 0 N–H and O–H groups in total. The summed E-state index contributed by atoms with van der Waals surface area (Å²) in [5.41, 5.74) is 0.110. The molecule has 5 nitrogen and oxygen atoms in total. The van der Waals surface area contributed by atoms with Gasteiger partial charge in [0.15, 0.2) is 3.92 Å². The summed E-state index contributed by atoms with van der Waals surface area (Å²) in [5, 5.41) is 3.27. The summed E-state index contributed by atoms with van der Waals surface area (Å²) < 4.78 is 35.8. The molecule has 0 amide bonds. The maximum Gasteiger partial charge on any atom is 0.351 e. The molecule has 2 aromatic rings. The number of fused-ring (bicyclic) bond motifs is 1. The van der Waals surface area contributed by atoms with E-state index in [0.717, 1.165) is 15.9 Å². The summed E-state index contributed by atoms with van der Waals surface area (Å²) in [6.45, 7) is 1.42. The molecule has 0 aliphatic rings. The van der Waals surface area contributed by atoms with Crippen LogP contribution in [0.3, 0.4) is 0 Å². The fourth-order valence-electron chi connectivity index (χ4n) is 1.09. The van der Waals surface area contributed by atoms with Crippen molar-refractivity contribution in [1.29, 1.82) is 0 Å². The van der Waals surface area contributed by atoms with Gasteiger partial charge in [0.05, 0.1) is 5.69 Å². The molecule has 0 bridgehead atoms. The third kappa shape index (κ3) is 1.44. The van der Waals surface area contributed by atoms with Gasteiger partial charge < -0.3 is 0 Å². The number of imidazole rings is 1. The Labute approximate surface area is 90.9 Å². The van der Waals surface area contributed by atoms with Crippen LogP contribution in [0, 0.1) is 6.92 Å². The lowest BCUT2D eigenvalue weighted by Gasteiger charge is -1.91. The average molecular weight is 300 g/mol. The Hall–Kier alpha value is -0.540. The zero-order valence-electron chi connectivity index (χ0n) is 6.73. The summed E-state index contributed by atoms with van der Waals surface area (Å²) in [6.07, 6.45) is 0. The molecule has 0 atom stereocenters. The van der Waals surface area contributed by atoms with Crippen LogP contribution < -0.4 is 0 Å². The van der Waals surface area contributed by atoms with Crippen LogP contribution in [-0.4, -0.2) is 23.0 Å². The number of hydrogen-bond donors (Lipinski definition) is 0. The monoisotopic (exact) mass is 299 g/mol. The van der Waals surface area contributed by atoms with Crippen LogP contribution in [0.4, 0.5) is 3.89 Å². The minimum absolute atomic E-state index is 0.110. The Morgan fingerprint density at radius 1 is 1.57 bits per heavy atom. The molecule has 0 saturated heterocycles. The first-order chi connectivity index (χ1) is 6.39. The zero-order valence-corrected chi connectivity index (χ0v) is 9.95. The highest BCUT2D eigenvalue weighted by atomic mass is 79.9. The van der Waals surface area contributed by atoms with Crippen molar-refractivity contribution in [3.8, 4) is 0 Å². The summed E-state index contributed by atoms with van der Waals surface area (Å²) in [7, 11) is -4.78. The van der Waals surface area contributed by atoms with Crippen LogP contribution in [0.2, 0.25) is 0 Å². The molecule has 14 heavy (non-hydrogen) atoms. The number of aryl methyl sites for hydroxylation is 1. The molecule has 0 aromatic carbocycles. The predicted molar refractivity (Wildman–Crippen MR) is 51.6 cm³/mol. The lowest BCUT2D eigenvalue weighted by molar-refractivity contribution is 0.542. The first kappa shape index (κ1) is 9.99. The van der Waals surface area contributed by atoms with Gasteiger partial charge >= 0.3 is 10.2 Å². The minimum atomic E-state index is -4.78. The third-order valence-electron chi connectivity index (χ3n) is 1.53. The topological polar surface area (TPSA) is 64.3 Å². The number of nitrogens with zero attached hydrogens (tertiary/aromatic N) is 3. The van der Waals surface area contributed by atoms with Crippen LogP contribution in [0.25, 0.3) is 4.96 Å². The fourth-order valence-corrected chi connectivity index (χ4v) is 3.14. The number of halogens is 2. The first-order valence-electron chi connectivity index (χ1n) is 3.36. The Morgan fingerprint density at radius 3 is 2.79 bits per heavy atom. The molecule has 2 rings (SSSR count). The van der Waals surface area contributed by atoms with Gasteiger partial charge in [-0.15, -0.1) is 5.10 Å². The molecule has 0 spiro atoms. The van der Waals surface area contributed by atoms with E-state index in [1.807, 2.05) is 0 Å². The van der Waals surface area contributed by atoms with Crippen molar-refractivity contribution in [3.63, 3.8) is 0 Å². The molecular weight excluding hydrogens is 297 g/mol. The Kier molecular flexibility index (Phi) is 2.12. The van der Waals surface area contributed by atoms with E-state index in [1.165, 1.54) is 6.92 Å². The predicted octanol–water partition coefficient (Wildman–Crippen LogP) is 1.52. The van der Waals surface area contributed by atoms with Gasteiger partial charge in [-0.3, -0.25) is 0 Å². The normalized spacial score (nSPS) is 12.5. The van der Waals surface area contributed by atoms with Crippen molar-refractivity contribution in [1.82, 2.24) is 14.6 Å². The lowest BCUT2D eigenvalue weighted by atomic mass is 10.6. The molecule has 0 saturated carbocycles. The van der Waals surface area contributed by atoms with Crippen LogP contribution in [-0.2, 0) is 10.2 Å². The van der Waals surface area contributed by atoms with E-state index in [-0.39, 0.29) is 5.69 Å². The molecular formula is C5H3BrFN3O2S2. The lowest BCUT2D eigenvalue weighted by Crippen LogP contribution is -2.00. The van der Waals surface area contributed by atoms with E-state index >= 15 is 0 Å². The minimum Gasteiger partial charge on any atom is -0.221 e. The van der Waals surface area contributed by atoms with Crippen LogP contribution >= 0.6 is 27.3 Å². The SMILES string of the molecule is Cc1nc2sc(Br)nn2c1S(=O)(=O)F. The highest BCUT2D eigenvalue weighted by Crippen LogP contribution is 2.25. The van der Waals surface area contributed by atoms with Gasteiger partial charge in [0.25, 0.3) is 0 Å². The molecule has 0 fully saturated rings. The van der Waals surface area contributed by atoms with E-state index in [4.69, 9.17) is 0 Å². The Morgan fingerprint density at radius 2 is 2.21 bits per heavy atom. The number of aromatic nitrogens is 3. The Balaban J connectivity index is 2.92. The zero-order chi connectivity index (χ0) is 10.5. The van der Waals surface area contributed by atoms with Crippen molar-refractivity contribution < 1.29 is 12.3 Å². The van der Waals surface area contributed by atoms with Gasteiger partial charge in [0.2, 0.25) is 9.99 Å². The van der Waals surface area contributed by atoms with Gasteiger partial charge in [-0.2, -0.15) is 12.9 Å². The smallest absolute Gasteiger partial charge is 0.221 e. The second-order valence-corrected chi connectivity index (χ2v) is 5.98. The fraction of sp³-hybridized carbons (Fsp3) is 0.200. The Bertz CT molecular complexity index is 602. The standard InChI is InChI=1S/C5H3BrFN3O2S2/c1-2-3(14(7,11)12)10-5(8-2)13-4(6)9-10/h1H3. The van der Waals surface area contributed by atoms with E-state index in [0.29, 0.717) is 8.88 Å². The summed E-state index contributed by atoms with van der Waals surface area (Å²) in [6, 6.07) is 0. The van der Waals surface area contributed by atoms with Crippen molar-refractivity contribution >= 4 is 42.5 Å². The number of rotatable bonds is 1. The van der Waals surface area contributed by atoms with Gasteiger partial charge in [-0.05, 0) is 22.9 Å². The van der Waals surface area contributed by atoms with Gasteiger partial charge in [-0.25, -0.2) is 4.98 Å². The quantitative estimate of drug-likeness (QED) is 0.749. The van der Waals surface area contributed by atoms with E-state index in [2.05, 4.69) is 26.0 Å². The van der Waals surface area contributed by atoms with Crippen LogP contribution in [0.5, 0.6) is 0 Å². The molecule has 0 aliphatic carbocycles. The molecule has 0 aliphatic heterocycles. The average Bonchev–Trinajstić information content (AvgIpc) is 2.38. The van der Waals surface area contributed by atoms with Crippen molar-refractivity contribution in [3.05, 3.63) is 9.61 Å². The highest BCUT2D eigenvalue weighted by molar-refractivity contribution is 9.11. The van der Waals surface area contributed by atoms with E-state index in [9.17, 15) is 12.3 Å². The molecule has 76 valence electrons. The highest BCUT2D eigenvalue weighted by Gasteiger charge is 2.24. The van der Waals surface area contributed by atoms with Crippen molar-refractivity contribution in [2.24, 2.45) is 0 Å². The largest absolute Gasteiger partial charge is 0.351 e. The maximum atomic E-state index is 12.8. The second kappa shape index (κ2) is 2.97. The first-order valence-corrected chi connectivity index (χ1v) is 6.35. The van der Waals surface area contributed by atoms with Gasteiger partial charge in [0.1, 0.15) is 0 Å². The molecule has 2 aromatic heterocycles. The molecule has 0 unspecified atom stereocenters. The van der Waals surface area contributed by atoms with Crippen molar-refractivity contribution in [2.75, 3.05) is 0 Å². The summed E-state index contributed by atoms with van der Waals surface area (Å²) >= 11 is 4.19. The molecule has 0 radical (unpaired) electrons. The maximum absolute atomic E-state index is 12.8. The molecule has 9 heteroatoms. The third-order valence-corrected chi connectivity index (χ3v) is 3.80. The summed E-state index contributed by atoms with van der Waals surface area (Å²) in [4.78, 5) is 4.21. The number of hydrogen-bond acceptors (Lipinski definition) is 5. The van der Waals surface area contributed by atoms with Crippen LogP contribution in [0.15, 0.2) is 8.94 Å². The molecule has 2 heterocycles.